The van der Waals surface area contributed by atoms with Gasteiger partial charge in [-0.25, -0.2) is 0 Å². The second kappa shape index (κ2) is 7.57. The topological polar surface area (TPSA) is 40.6 Å². The second-order valence-electron chi connectivity index (χ2n) is 9.45. The highest BCUT2D eigenvalue weighted by molar-refractivity contribution is 5.84. The number of hydrogen-bond donors (Lipinski definition) is 0. The number of nitrogens with zero attached hydrogens (tertiary/aromatic N) is 2. The summed E-state index contributed by atoms with van der Waals surface area (Å²) in [5, 5.41) is 0. The summed E-state index contributed by atoms with van der Waals surface area (Å²) >= 11 is 0. The minimum absolute atomic E-state index is 0.00140. The number of carbonyl (C=O) groups is 2. The van der Waals surface area contributed by atoms with Gasteiger partial charge in [0.2, 0.25) is 11.8 Å². The summed E-state index contributed by atoms with van der Waals surface area (Å²) in [5.74, 6) is 1.13. The van der Waals surface area contributed by atoms with E-state index in [1.807, 2.05) is 36.4 Å². The first-order valence-electron chi connectivity index (χ1n) is 11.3. The quantitative estimate of drug-likeness (QED) is 0.728. The summed E-state index contributed by atoms with van der Waals surface area (Å²) in [6.45, 7) is 4.44. The first-order chi connectivity index (χ1) is 14.5. The van der Waals surface area contributed by atoms with E-state index in [1.54, 1.807) is 0 Å². The Labute approximate surface area is 178 Å². The van der Waals surface area contributed by atoms with Crippen LogP contribution in [0.1, 0.15) is 62.7 Å². The van der Waals surface area contributed by atoms with Crippen LogP contribution in [0.2, 0.25) is 0 Å². The highest BCUT2D eigenvalue weighted by Gasteiger charge is 2.50. The third kappa shape index (κ3) is 3.13. The van der Waals surface area contributed by atoms with Crippen molar-refractivity contribution in [2.24, 2.45) is 11.8 Å². The molecule has 5 rings (SSSR count). The van der Waals surface area contributed by atoms with Gasteiger partial charge in [-0.2, -0.15) is 0 Å². The van der Waals surface area contributed by atoms with Crippen LogP contribution >= 0.6 is 0 Å². The predicted molar refractivity (Wildman–Crippen MR) is 116 cm³/mol. The summed E-state index contributed by atoms with van der Waals surface area (Å²) in [4.78, 5) is 31.3. The molecule has 0 bridgehead atoms. The average Bonchev–Trinajstić information content (AvgIpc) is 3.24. The van der Waals surface area contributed by atoms with Gasteiger partial charge in [0.15, 0.2) is 0 Å². The lowest BCUT2D eigenvalue weighted by molar-refractivity contribution is -0.145. The monoisotopic (exact) mass is 402 g/mol. The molecule has 4 heteroatoms. The van der Waals surface area contributed by atoms with Gasteiger partial charge in [0.1, 0.15) is 0 Å². The van der Waals surface area contributed by atoms with Gasteiger partial charge in [0.25, 0.3) is 0 Å². The lowest BCUT2D eigenvalue weighted by Crippen LogP contribution is -2.49. The van der Waals surface area contributed by atoms with Crippen LogP contribution in [0.4, 0.5) is 0 Å². The molecule has 0 unspecified atom stereocenters. The number of hydrogen-bond acceptors (Lipinski definition) is 2. The molecule has 0 aromatic heterocycles. The van der Waals surface area contributed by atoms with Crippen LogP contribution in [-0.2, 0) is 9.59 Å². The summed E-state index contributed by atoms with van der Waals surface area (Å²) in [6, 6.07) is 20.8. The molecule has 30 heavy (non-hydrogen) atoms. The lowest BCUT2D eigenvalue weighted by atomic mass is 9.93. The van der Waals surface area contributed by atoms with Gasteiger partial charge in [-0.1, -0.05) is 74.5 Å². The molecule has 6 atom stereocenters. The van der Waals surface area contributed by atoms with Gasteiger partial charge in [-0.3, -0.25) is 9.59 Å². The van der Waals surface area contributed by atoms with Crippen molar-refractivity contribution in [3.05, 3.63) is 71.8 Å². The molecule has 3 fully saturated rings. The van der Waals surface area contributed by atoms with Gasteiger partial charge in [-0.15, -0.1) is 0 Å². The Kier molecular flexibility index (Phi) is 4.88. The van der Waals surface area contributed by atoms with Crippen LogP contribution in [0.25, 0.3) is 0 Å². The summed E-state index contributed by atoms with van der Waals surface area (Å²) in [5.41, 5.74) is 2.38. The van der Waals surface area contributed by atoms with E-state index in [0.717, 1.165) is 12.8 Å². The molecule has 4 nitrogen and oxygen atoms in total. The molecule has 0 N–H and O–H groups in total. The van der Waals surface area contributed by atoms with Crippen molar-refractivity contribution in [1.82, 2.24) is 9.80 Å². The highest BCUT2D eigenvalue weighted by Crippen LogP contribution is 2.48. The summed E-state index contributed by atoms with van der Waals surface area (Å²) in [6.07, 6.45) is 2.65. The predicted octanol–water partition coefficient (Wildman–Crippen LogP) is 4.74. The fourth-order valence-electron chi connectivity index (χ4n) is 6.32. The maximum Gasteiger partial charge on any atom is 0.225 e. The molecule has 2 aromatic rings. The SMILES string of the molecule is C[C@@H]1C[C@H]2CC(=O)N3[C@H](CC(=O)N2[C@H]1c1ccccc1)C[C@@H](C)[C@@H]3c1ccccc1. The third-order valence-electron chi connectivity index (χ3n) is 7.43. The van der Waals surface area contributed by atoms with E-state index in [1.165, 1.54) is 11.1 Å². The van der Waals surface area contributed by atoms with Crippen molar-refractivity contribution in [2.45, 2.75) is 63.7 Å². The van der Waals surface area contributed by atoms with E-state index in [-0.39, 0.29) is 36.0 Å². The van der Waals surface area contributed by atoms with Crippen LogP contribution in [0.3, 0.4) is 0 Å². The second-order valence-corrected chi connectivity index (χ2v) is 9.45. The van der Waals surface area contributed by atoms with E-state index in [9.17, 15) is 9.59 Å². The van der Waals surface area contributed by atoms with Crippen LogP contribution in [0.5, 0.6) is 0 Å². The molecule has 0 radical (unpaired) electrons. The first-order valence-corrected chi connectivity index (χ1v) is 11.3. The Hall–Kier alpha value is -2.62. The molecule has 0 saturated carbocycles. The van der Waals surface area contributed by atoms with E-state index in [0.29, 0.717) is 24.7 Å². The van der Waals surface area contributed by atoms with Crippen molar-refractivity contribution in [3.63, 3.8) is 0 Å². The Morgan fingerprint density at radius 1 is 0.633 bits per heavy atom. The van der Waals surface area contributed by atoms with Crippen molar-refractivity contribution in [1.29, 1.82) is 0 Å². The van der Waals surface area contributed by atoms with Crippen LogP contribution < -0.4 is 0 Å². The zero-order valence-electron chi connectivity index (χ0n) is 17.8. The van der Waals surface area contributed by atoms with E-state index in [4.69, 9.17) is 0 Å². The van der Waals surface area contributed by atoms with Crippen molar-refractivity contribution in [3.8, 4) is 0 Å². The van der Waals surface area contributed by atoms with Gasteiger partial charge < -0.3 is 9.80 Å². The molecular weight excluding hydrogens is 372 g/mol. The van der Waals surface area contributed by atoms with Gasteiger partial charge in [-0.05, 0) is 35.8 Å². The van der Waals surface area contributed by atoms with Crippen LogP contribution in [0, 0.1) is 11.8 Å². The number of amides is 2. The van der Waals surface area contributed by atoms with Crippen molar-refractivity contribution < 1.29 is 9.59 Å². The van der Waals surface area contributed by atoms with Crippen LogP contribution in [-0.4, -0.2) is 33.7 Å². The molecule has 3 aliphatic rings. The smallest absolute Gasteiger partial charge is 0.225 e. The minimum Gasteiger partial charge on any atom is -0.332 e. The molecule has 3 aliphatic heterocycles. The van der Waals surface area contributed by atoms with Gasteiger partial charge in [0, 0.05) is 24.9 Å². The van der Waals surface area contributed by atoms with E-state index in [2.05, 4.69) is 47.9 Å². The lowest BCUT2D eigenvalue weighted by Gasteiger charge is -2.39. The Morgan fingerprint density at radius 2 is 1.00 bits per heavy atom. The van der Waals surface area contributed by atoms with Gasteiger partial charge in [0.05, 0.1) is 12.1 Å². The number of rotatable bonds is 2. The van der Waals surface area contributed by atoms with Gasteiger partial charge >= 0.3 is 0 Å². The molecule has 2 aromatic carbocycles. The van der Waals surface area contributed by atoms with Crippen LogP contribution in [0.15, 0.2) is 60.7 Å². The summed E-state index contributed by atoms with van der Waals surface area (Å²) in [7, 11) is 0. The molecule has 156 valence electrons. The molecule has 0 spiro atoms. The number of fused-ring (bicyclic) bond motifs is 2. The zero-order valence-corrected chi connectivity index (χ0v) is 17.8. The Morgan fingerprint density at radius 3 is 1.37 bits per heavy atom. The Balaban J connectivity index is 1.48. The highest BCUT2D eigenvalue weighted by atomic mass is 16.2. The van der Waals surface area contributed by atoms with Crippen molar-refractivity contribution >= 4 is 11.8 Å². The van der Waals surface area contributed by atoms with E-state index < -0.39 is 0 Å². The molecule has 3 heterocycles. The fraction of sp³-hybridized carbons (Fsp3) is 0.462. The number of benzene rings is 2. The zero-order chi connectivity index (χ0) is 20.8. The fourth-order valence-corrected chi connectivity index (χ4v) is 6.32. The normalized spacial score (nSPS) is 33.8. The number of carbonyl (C=O) groups excluding carboxylic acids is 2. The Bertz CT molecular complexity index is 851. The minimum atomic E-state index is -0.00140. The summed E-state index contributed by atoms with van der Waals surface area (Å²) < 4.78 is 0. The average molecular weight is 403 g/mol. The molecule has 0 aliphatic carbocycles. The third-order valence-corrected chi connectivity index (χ3v) is 7.43. The maximum atomic E-state index is 13.6. The molecule has 3 saturated heterocycles. The first kappa shape index (κ1) is 19.3. The van der Waals surface area contributed by atoms with Crippen molar-refractivity contribution in [2.75, 3.05) is 0 Å². The molecular formula is C26H30N2O2. The molecule has 2 amide bonds. The van der Waals surface area contributed by atoms with E-state index >= 15 is 0 Å². The standard InChI is InChI=1S/C26H30N2O2/c1-17-13-21-15-24(30)28-22(14-18(2)26(28)20-11-7-4-8-12-20)16-23(29)27(21)25(17)19-9-5-3-6-10-19/h3-12,17-18,21-22,25-26H,13-16H2,1-2H3/t17-,18-,21+,22+,25-,26-/m1/s1. The largest absolute Gasteiger partial charge is 0.332 e. The maximum absolute atomic E-state index is 13.6.